The van der Waals surface area contributed by atoms with Crippen molar-refractivity contribution in [2.24, 2.45) is 0 Å². The van der Waals surface area contributed by atoms with Crippen molar-refractivity contribution in [2.45, 2.75) is 0 Å². The first kappa shape index (κ1) is 37.8. The summed E-state index contributed by atoms with van der Waals surface area (Å²) in [7, 11) is -15.5. The average Bonchev–Trinajstić information content (AvgIpc) is 1.41. The van der Waals surface area contributed by atoms with Crippen LogP contribution in [0.15, 0.2) is 0 Å². The van der Waals surface area contributed by atoms with Gasteiger partial charge in [0.05, 0.1) is 0 Å². The molecule has 18 heavy (non-hydrogen) atoms. The summed E-state index contributed by atoms with van der Waals surface area (Å²) in [6.45, 7) is 0. The molecule has 0 bridgehead atoms. The Morgan fingerprint density at radius 2 is 0.444 bits per heavy atom. The summed E-state index contributed by atoms with van der Waals surface area (Å²) in [5, 5.41) is 0. The molecule has 0 unspecified atom stereocenters. The third-order valence-electron chi connectivity index (χ3n) is 0. The summed E-state index contributed by atoms with van der Waals surface area (Å²) < 4.78 is 102. The molecule has 0 aliphatic rings. The van der Waals surface area contributed by atoms with Crippen molar-refractivity contribution in [3.8, 4) is 0 Å². The third kappa shape index (κ3) is 491. The van der Waals surface area contributed by atoms with Crippen LogP contribution < -0.4 is 103 Å². The molecule has 0 atom stereocenters. The fraction of sp³-hybridized carbons (Fsp3) is 0. The summed E-state index contributed by atoms with van der Waals surface area (Å²) in [6, 6.07) is 0. The van der Waals surface area contributed by atoms with Gasteiger partial charge >= 0.3 is 129 Å². The van der Waals surface area contributed by atoms with Crippen molar-refractivity contribution in [2.75, 3.05) is 0 Å². The third-order valence-corrected chi connectivity index (χ3v) is 0. The normalized spacial score (nSPS) is 9.67. The van der Waals surface area contributed by atoms with Crippen molar-refractivity contribution in [1.29, 1.82) is 0 Å². The van der Waals surface area contributed by atoms with E-state index in [2.05, 4.69) is 0 Å². The van der Waals surface area contributed by atoms with Crippen molar-refractivity contribution < 1.29 is 182 Å². The number of hydrogen-bond acceptors (Lipinski definition) is 12. The van der Waals surface area contributed by atoms with Crippen molar-refractivity contribution in [1.82, 2.24) is 0 Å². The van der Waals surface area contributed by atoms with Gasteiger partial charge in [-0.05, 0) is 0 Å². The van der Waals surface area contributed by atoms with E-state index in [9.17, 15) is 0 Å². The minimum atomic E-state index is -5.17. The van der Waals surface area contributed by atoms with E-state index in [4.69, 9.17) is 52.6 Å². The van der Waals surface area contributed by atoms with Gasteiger partial charge in [0.1, 0.15) is 0 Å². The molecule has 0 aromatic heterocycles. The standard InChI is InChI=1S/2K.3H2O4S.Zr/c;;3*1-5(2,3)4;/h;;3*(H2,1,2,3,4);/q2*+1;;;;+4/p-6. The summed E-state index contributed by atoms with van der Waals surface area (Å²) >= 11 is 0. The Morgan fingerprint density at radius 3 is 0.444 bits per heavy atom. The predicted octanol–water partition coefficient (Wildman–Crippen LogP) is -10.0. The minimum Gasteiger partial charge on any atom is -0.759 e. The molecule has 0 aromatic rings. The molecule has 0 aliphatic carbocycles. The van der Waals surface area contributed by atoms with Gasteiger partial charge < -0.3 is 27.3 Å². The van der Waals surface area contributed by atoms with E-state index >= 15 is 0 Å². The van der Waals surface area contributed by atoms with Crippen LogP contribution in [0.2, 0.25) is 0 Å². The van der Waals surface area contributed by atoms with Crippen LogP contribution in [-0.2, 0) is 57.4 Å². The van der Waals surface area contributed by atoms with Crippen molar-refractivity contribution in [3.05, 3.63) is 0 Å². The van der Waals surface area contributed by atoms with Crippen LogP contribution in [0.1, 0.15) is 0 Å². The maximum atomic E-state index is 8.52. The maximum Gasteiger partial charge on any atom is 4.00 e. The van der Waals surface area contributed by atoms with Gasteiger partial charge in [0.25, 0.3) is 0 Å². The zero-order valence-electron chi connectivity index (χ0n) is 8.62. The van der Waals surface area contributed by atoms with Gasteiger partial charge in [0.2, 0.25) is 0 Å². The Balaban J connectivity index is -0.0000000277. The smallest absolute Gasteiger partial charge is 0.759 e. The minimum absolute atomic E-state index is 0. The van der Waals surface area contributed by atoms with E-state index in [1.807, 2.05) is 0 Å². The number of hydrogen-bond donors (Lipinski definition) is 0. The molecule has 0 spiro atoms. The van der Waals surface area contributed by atoms with E-state index in [-0.39, 0.29) is 129 Å². The van der Waals surface area contributed by atoms with Crippen molar-refractivity contribution >= 4 is 31.2 Å². The van der Waals surface area contributed by atoms with Gasteiger partial charge in [-0.15, -0.1) is 0 Å². The molecule has 0 saturated heterocycles. The quantitative estimate of drug-likeness (QED) is 0.187. The molecule has 0 radical (unpaired) electrons. The van der Waals surface area contributed by atoms with E-state index in [1.165, 1.54) is 0 Å². The van der Waals surface area contributed by atoms with Crippen LogP contribution in [-0.4, -0.2) is 52.6 Å². The van der Waals surface area contributed by atoms with Gasteiger partial charge in [-0.1, -0.05) is 0 Å². The molecule has 12 nitrogen and oxygen atoms in total. The molecule has 0 aliphatic heterocycles. The zero-order chi connectivity index (χ0) is 13.5. The Kier molecular flexibility index (Phi) is 35.9. The maximum absolute atomic E-state index is 8.52. The van der Waals surface area contributed by atoms with Gasteiger partial charge in [-0.3, -0.25) is 25.3 Å². The average molecular weight is 458 g/mol. The van der Waals surface area contributed by atoms with Crippen LogP contribution in [0.5, 0.6) is 0 Å². The molecule has 0 fully saturated rings. The molecule has 0 amide bonds. The first-order valence-corrected chi connectivity index (χ1v) is 6.00. The molecule has 0 heterocycles. The van der Waals surface area contributed by atoms with Crippen LogP contribution in [0.3, 0.4) is 0 Å². The summed E-state index contributed by atoms with van der Waals surface area (Å²) in [6.07, 6.45) is 0. The van der Waals surface area contributed by atoms with Crippen LogP contribution in [0, 0.1) is 0 Å². The summed E-state index contributed by atoms with van der Waals surface area (Å²) in [5.41, 5.74) is 0. The Bertz CT molecular complexity index is 346. The van der Waals surface area contributed by atoms with Crippen molar-refractivity contribution in [3.63, 3.8) is 0 Å². The number of rotatable bonds is 0. The Hall–Kier alpha value is 3.77. The van der Waals surface area contributed by atoms with Gasteiger partial charge in [-0.25, -0.2) is 0 Å². The second-order valence-electron chi connectivity index (χ2n) is 1.22. The fourth-order valence-electron chi connectivity index (χ4n) is 0. The molecule has 18 heteroatoms. The first-order chi connectivity index (χ1) is 6.00. The molecule has 0 aromatic carbocycles. The largest absolute Gasteiger partial charge is 4.00 e. The topological polar surface area (TPSA) is 241 Å². The van der Waals surface area contributed by atoms with E-state index in [0.29, 0.717) is 0 Å². The zero-order valence-corrected chi connectivity index (χ0v) is 19.8. The second-order valence-corrected chi connectivity index (χ2v) is 3.67. The van der Waals surface area contributed by atoms with Crippen LogP contribution in [0.25, 0.3) is 0 Å². The van der Waals surface area contributed by atoms with Gasteiger partial charge in [0.15, 0.2) is 0 Å². The molecule has 0 saturated carbocycles. The molecule has 96 valence electrons. The predicted molar refractivity (Wildman–Crippen MR) is 31.4 cm³/mol. The SMILES string of the molecule is O=S(=O)([O-])[O-].O=S(=O)([O-])[O-].O=S(=O)([O-])[O-].[K+].[K+].[Zr+4]. The second kappa shape index (κ2) is 17.1. The monoisotopic (exact) mass is 456 g/mol. The molecule has 0 rings (SSSR count). The van der Waals surface area contributed by atoms with E-state index < -0.39 is 31.2 Å². The fourth-order valence-corrected chi connectivity index (χ4v) is 0. The summed E-state index contributed by atoms with van der Waals surface area (Å²) in [4.78, 5) is 0. The summed E-state index contributed by atoms with van der Waals surface area (Å²) in [5.74, 6) is 0. The Labute approximate surface area is 207 Å². The Morgan fingerprint density at radius 1 is 0.444 bits per heavy atom. The molecule has 0 N–H and O–H groups in total. The first-order valence-electron chi connectivity index (χ1n) is 2.00. The molecular formula is K2O12S3Zr. The van der Waals surface area contributed by atoms with Crippen LogP contribution >= 0.6 is 0 Å². The van der Waals surface area contributed by atoms with Gasteiger partial charge in [0, 0.05) is 31.2 Å². The van der Waals surface area contributed by atoms with Crippen LogP contribution in [0.4, 0.5) is 0 Å². The molecular weight excluding hydrogens is 458 g/mol. The van der Waals surface area contributed by atoms with E-state index in [0.717, 1.165) is 0 Å². The van der Waals surface area contributed by atoms with Gasteiger partial charge in [-0.2, -0.15) is 0 Å². The van der Waals surface area contributed by atoms with E-state index in [1.54, 1.807) is 0 Å².